The van der Waals surface area contributed by atoms with Crippen LogP contribution >= 0.6 is 0 Å². The molecular formula is C13H25N3. The first-order valence-electron chi connectivity index (χ1n) is 6.25. The van der Waals surface area contributed by atoms with Gasteiger partial charge >= 0.3 is 0 Å². The molecule has 0 unspecified atom stereocenters. The second-order valence-electron chi connectivity index (χ2n) is 4.79. The molecule has 1 rings (SSSR count). The molecule has 0 atom stereocenters. The van der Waals surface area contributed by atoms with E-state index in [-0.39, 0.29) is 0 Å². The van der Waals surface area contributed by atoms with E-state index in [2.05, 4.69) is 34.7 Å². The van der Waals surface area contributed by atoms with E-state index in [0.29, 0.717) is 0 Å². The van der Waals surface area contributed by atoms with Crippen LogP contribution in [0.5, 0.6) is 0 Å². The molecular weight excluding hydrogens is 198 g/mol. The highest BCUT2D eigenvalue weighted by atomic mass is 15.3. The normalized spacial score (nSPS) is 18.9. The van der Waals surface area contributed by atoms with Crippen molar-refractivity contribution in [2.75, 3.05) is 59.9 Å². The number of piperazine rings is 1. The van der Waals surface area contributed by atoms with Gasteiger partial charge in [0.1, 0.15) is 0 Å². The van der Waals surface area contributed by atoms with Gasteiger partial charge in [0.05, 0.1) is 0 Å². The SMILES string of the molecule is C#CCCCN1CCN(CCN(C)C)CC1. The van der Waals surface area contributed by atoms with E-state index in [1.165, 1.54) is 39.3 Å². The molecule has 0 radical (unpaired) electrons. The monoisotopic (exact) mass is 223 g/mol. The molecule has 1 heterocycles. The maximum atomic E-state index is 5.25. The summed E-state index contributed by atoms with van der Waals surface area (Å²) in [7, 11) is 4.27. The average Bonchev–Trinajstić information content (AvgIpc) is 2.28. The minimum Gasteiger partial charge on any atom is -0.308 e. The van der Waals surface area contributed by atoms with E-state index in [1.807, 2.05) is 0 Å². The van der Waals surface area contributed by atoms with Crippen LogP contribution in [0, 0.1) is 12.3 Å². The molecule has 0 aromatic carbocycles. The molecule has 0 saturated carbocycles. The summed E-state index contributed by atoms with van der Waals surface area (Å²) in [6, 6.07) is 0. The fourth-order valence-electron chi connectivity index (χ4n) is 1.98. The Balaban J connectivity index is 2.07. The summed E-state index contributed by atoms with van der Waals surface area (Å²) in [5.74, 6) is 2.71. The zero-order valence-electron chi connectivity index (χ0n) is 10.8. The highest BCUT2D eigenvalue weighted by molar-refractivity contribution is 4.84. The van der Waals surface area contributed by atoms with Gasteiger partial charge in [0, 0.05) is 45.7 Å². The third kappa shape index (κ3) is 5.50. The molecule has 0 N–H and O–H groups in total. The Morgan fingerprint density at radius 2 is 1.62 bits per heavy atom. The van der Waals surface area contributed by atoms with Gasteiger partial charge < -0.3 is 9.80 Å². The topological polar surface area (TPSA) is 9.72 Å². The van der Waals surface area contributed by atoms with Crippen LogP contribution in [0.2, 0.25) is 0 Å². The lowest BCUT2D eigenvalue weighted by Gasteiger charge is -2.35. The van der Waals surface area contributed by atoms with E-state index >= 15 is 0 Å². The fraction of sp³-hybridized carbons (Fsp3) is 0.846. The molecule has 0 aliphatic carbocycles. The van der Waals surface area contributed by atoms with Crippen molar-refractivity contribution in [1.82, 2.24) is 14.7 Å². The molecule has 92 valence electrons. The van der Waals surface area contributed by atoms with Crippen LogP contribution < -0.4 is 0 Å². The maximum Gasteiger partial charge on any atom is 0.0110 e. The molecule has 0 amide bonds. The van der Waals surface area contributed by atoms with Crippen molar-refractivity contribution < 1.29 is 0 Å². The summed E-state index contributed by atoms with van der Waals surface area (Å²) in [6.45, 7) is 8.37. The number of hydrogen-bond donors (Lipinski definition) is 0. The summed E-state index contributed by atoms with van der Waals surface area (Å²) < 4.78 is 0. The number of terminal acetylenes is 1. The standard InChI is InChI=1S/C13H25N3/c1-4-5-6-7-15-10-12-16(13-11-15)9-8-14(2)3/h1H,5-13H2,2-3H3. The second-order valence-corrected chi connectivity index (χ2v) is 4.79. The van der Waals surface area contributed by atoms with Crippen LogP contribution in [0.15, 0.2) is 0 Å². The van der Waals surface area contributed by atoms with Crippen LogP contribution in [0.4, 0.5) is 0 Å². The van der Waals surface area contributed by atoms with Crippen LogP contribution in [0.3, 0.4) is 0 Å². The average molecular weight is 223 g/mol. The number of rotatable bonds is 6. The quantitative estimate of drug-likeness (QED) is 0.482. The van der Waals surface area contributed by atoms with E-state index in [4.69, 9.17) is 6.42 Å². The van der Waals surface area contributed by atoms with Crippen molar-refractivity contribution in [2.24, 2.45) is 0 Å². The Morgan fingerprint density at radius 1 is 1.06 bits per heavy atom. The largest absolute Gasteiger partial charge is 0.308 e. The maximum absolute atomic E-state index is 5.25. The van der Waals surface area contributed by atoms with Crippen LogP contribution in [0.25, 0.3) is 0 Å². The third-order valence-corrected chi connectivity index (χ3v) is 3.12. The van der Waals surface area contributed by atoms with E-state index in [0.717, 1.165) is 19.4 Å². The summed E-state index contributed by atoms with van der Waals surface area (Å²) in [5, 5.41) is 0. The third-order valence-electron chi connectivity index (χ3n) is 3.12. The zero-order valence-corrected chi connectivity index (χ0v) is 10.8. The molecule has 1 saturated heterocycles. The zero-order chi connectivity index (χ0) is 11.8. The van der Waals surface area contributed by atoms with Crippen molar-refractivity contribution >= 4 is 0 Å². The number of unbranched alkanes of at least 4 members (excludes halogenated alkanes) is 1. The van der Waals surface area contributed by atoms with Gasteiger partial charge in [-0.2, -0.15) is 0 Å². The number of likely N-dealkylation sites (N-methyl/N-ethyl adjacent to an activating group) is 1. The summed E-state index contributed by atoms with van der Waals surface area (Å²) in [6.07, 6.45) is 7.32. The molecule has 16 heavy (non-hydrogen) atoms. The Kier molecular flexibility index (Phi) is 6.47. The second kappa shape index (κ2) is 7.67. The summed E-state index contributed by atoms with van der Waals surface area (Å²) in [4.78, 5) is 7.33. The molecule has 3 nitrogen and oxygen atoms in total. The van der Waals surface area contributed by atoms with Gasteiger partial charge in [-0.1, -0.05) is 0 Å². The molecule has 1 aliphatic heterocycles. The van der Waals surface area contributed by atoms with Gasteiger partial charge in [0.15, 0.2) is 0 Å². The Morgan fingerprint density at radius 3 is 2.12 bits per heavy atom. The highest BCUT2D eigenvalue weighted by Gasteiger charge is 2.15. The van der Waals surface area contributed by atoms with Crippen molar-refractivity contribution in [3.8, 4) is 12.3 Å². The molecule has 0 bridgehead atoms. The Bertz CT molecular complexity index is 212. The first kappa shape index (κ1) is 13.5. The number of nitrogens with zero attached hydrogens (tertiary/aromatic N) is 3. The highest BCUT2D eigenvalue weighted by Crippen LogP contribution is 2.03. The Hall–Kier alpha value is -0.560. The van der Waals surface area contributed by atoms with E-state index < -0.39 is 0 Å². The van der Waals surface area contributed by atoms with E-state index in [1.54, 1.807) is 0 Å². The lowest BCUT2D eigenvalue weighted by Crippen LogP contribution is -2.48. The van der Waals surface area contributed by atoms with Crippen molar-refractivity contribution in [2.45, 2.75) is 12.8 Å². The minimum atomic E-state index is 0.918. The molecule has 1 fully saturated rings. The number of hydrogen-bond acceptors (Lipinski definition) is 3. The summed E-state index contributed by atoms with van der Waals surface area (Å²) in [5.41, 5.74) is 0. The van der Waals surface area contributed by atoms with Gasteiger partial charge in [-0.3, -0.25) is 4.90 Å². The lowest BCUT2D eigenvalue weighted by atomic mass is 10.2. The van der Waals surface area contributed by atoms with Gasteiger partial charge in [0.2, 0.25) is 0 Å². The lowest BCUT2D eigenvalue weighted by molar-refractivity contribution is 0.125. The molecule has 0 spiro atoms. The smallest absolute Gasteiger partial charge is 0.0110 e. The van der Waals surface area contributed by atoms with Gasteiger partial charge in [-0.15, -0.1) is 12.3 Å². The molecule has 0 aromatic heterocycles. The van der Waals surface area contributed by atoms with Crippen LogP contribution in [-0.2, 0) is 0 Å². The van der Waals surface area contributed by atoms with Gasteiger partial charge in [-0.25, -0.2) is 0 Å². The van der Waals surface area contributed by atoms with Gasteiger partial charge in [0.25, 0.3) is 0 Å². The van der Waals surface area contributed by atoms with Crippen LogP contribution in [0.1, 0.15) is 12.8 Å². The predicted octanol–water partition coefficient (Wildman–Crippen LogP) is 0.579. The molecule has 1 aliphatic rings. The molecule has 0 aromatic rings. The first-order valence-corrected chi connectivity index (χ1v) is 6.25. The first-order chi connectivity index (χ1) is 7.72. The van der Waals surface area contributed by atoms with E-state index in [9.17, 15) is 0 Å². The summed E-state index contributed by atoms with van der Waals surface area (Å²) >= 11 is 0. The molecule has 3 heteroatoms. The Labute approximate surface area is 100 Å². The van der Waals surface area contributed by atoms with Gasteiger partial charge in [-0.05, 0) is 27.1 Å². The van der Waals surface area contributed by atoms with Crippen LogP contribution in [-0.4, -0.2) is 74.6 Å². The minimum absolute atomic E-state index is 0.918. The van der Waals surface area contributed by atoms with Crippen molar-refractivity contribution in [3.05, 3.63) is 0 Å². The predicted molar refractivity (Wildman–Crippen MR) is 69.5 cm³/mol. The fourth-order valence-corrected chi connectivity index (χ4v) is 1.98. The van der Waals surface area contributed by atoms with Crippen molar-refractivity contribution in [1.29, 1.82) is 0 Å². The van der Waals surface area contributed by atoms with Crippen molar-refractivity contribution in [3.63, 3.8) is 0 Å².